The molecular weight excluding hydrogens is 154 g/mol. The molecule has 3 heteroatoms. The van der Waals surface area contributed by atoms with Crippen molar-refractivity contribution in [3.8, 4) is 0 Å². The Labute approximate surface area is 72.5 Å². The standard InChI is InChI=1S/C9H15NO2/c1-3-8-4-9(5-8,10-6-8)7(11)12-2/h10H,3-6H2,1-2H3. The zero-order valence-corrected chi connectivity index (χ0v) is 7.64. The second kappa shape index (κ2) is 2.22. The van der Waals surface area contributed by atoms with Gasteiger partial charge in [0.25, 0.3) is 0 Å². The molecule has 1 aliphatic carbocycles. The van der Waals surface area contributed by atoms with E-state index in [0.29, 0.717) is 5.41 Å². The van der Waals surface area contributed by atoms with Crippen LogP contribution in [0.3, 0.4) is 0 Å². The van der Waals surface area contributed by atoms with Crippen LogP contribution in [0.4, 0.5) is 0 Å². The fourth-order valence-electron chi connectivity index (χ4n) is 2.62. The summed E-state index contributed by atoms with van der Waals surface area (Å²) in [6.45, 7) is 3.17. The minimum absolute atomic E-state index is 0.0796. The van der Waals surface area contributed by atoms with Gasteiger partial charge in [-0.15, -0.1) is 0 Å². The van der Waals surface area contributed by atoms with Crippen LogP contribution < -0.4 is 5.32 Å². The third kappa shape index (κ3) is 0.774. The number of fused-ring (bicyclic) bond motifs is 1. The predicted octanol–water partition coefficient (Wildman–Crippen LogP) is 0.692. The van der Waals surface area contributed by atoms with E-state index >= 15 is 0 Å². The lowest BCUT2D eigenvalue weighted by Crippen LogP contribution is -2.54. The summed E-state index contributed by atoms with van der Waals surface area (Å²) < 4.78 is 4.76. The number of carbonyl (C=O) groups is 1. The SMILES string of the molecule is CCC12CNC(C(=O)OC)(C1)C2. The molecule has 0 aromatic heterocycles. The largest absolute Gasteiger partial charge is 0.468 e. The summed E-state index contributed by atoms with van der Waals surface area (Å²) in [4.78, 5) is 11.3. The Morgan fingerprint density at radius 2 is 2.25 bits per heavy atom. The maximum absolute atomic E-state index is 11.3. The molecule has 0 atom stereocenters. The summed E-state index contributed by atoms with van der Waals surface area (Å²) >= 11 is 0. The molecule has 2 bridgehead atoms. The summed E-state index contributed by atoms with van der Waals surface area (Å²) in [6, 6.07) is 0. The van der Waals surface area contributed by atoms with Crippen molar-refractivity contribution in [1.82, 2.24) is 5.32 Å². The molecule has 12 heavy (non-hydrogen) atoms. The van der Waals surface area contributed by atoms with Crippen molar-refractivity contribution in [1.29, 1.82) is 0 Å². The summed E-state index contributed by atoms with van der Waals surface area (Å²) in [5.74, 6) is -0.0796. The van der Waals surface area contributed by atoms with Crippen LogP contribution in [0.25, 0.3) is 0 Å². The maximum Gasteiger partial charge on any atom is 0.326 e. The summed E-state index contributed by atoms with van der Waals surface area (Å²) in [5.41, 5.74) is 0.110. The van der Waals surface area contributed by atoms with Crippen LogP contribution in [0, 0.1) is 5.41 Å². The highest BCUT2D eigenvalue weighted by Gasteiger charge is 2.64. The first kappa shape index (κ1) is 8.05. The van der Waals surface area contributed by atoms with E-state index in [2.05, 4.69) is 12.2 Å². The Balaban J connectivity index is 2.09. The van der Waals surface area contributed by atoms with Gasteiger partial charge >= 0.3 is 5.97 Å². The summed E-state index contributed by atoms with van der Waals surface area (Å²) in [5, 5.41) is 3.27. The van der Waals surface area contributed by atoms with Gasteiger partial charge in [-0.25, -0.2) is 0 Å². The molecule has 2 aliphatic heterocycles. The second-order valence-corrected chi connectivity index (χ2v) is 4.13. The lowest BCUT2D eigenvalue weighted by Gasteiger charge is -2.43. The van der Waals surface area contributed by atoms with Gasteiger partial charge in [0.2, 0.25) is 0 Å². The molecule has 0 spiro atoms. The van der Waals surface area contributed by atoms with Crippen LogP contribution in [-0.4, -0.2) is 25.2 Å². The van der Waals surface area contributed by atoms with Gasteiger partial charge in [-0.05, 0) is 24.7 Å². The number of hydrogen-bond donors (Lipinski definition) is 1. The molecule has 1 saturated carbocycles. The molecule has 3 aliphatic rings. The van der Waals surface area contributed by atoms with Gasteiger partial charge in [0.15, 0.2) is 0 Å². The van der Waals surface area contributed by atoms with E-state index in [1.165, 1.54) is 13.5 Å². The van der Waals surface area contributed by atoms with Crippen LogP contribution >= 0.6 is 0 Å². The first-order valence-electron chi connectivity index (χ1n) is 4.50. The first-order valence-corrected chi connectivity index (χ1v) is 4.50. The van der Waals surface area contributed by atoms with Crippen molar-refractivity contribution in [2.24, 2.45) is 5.41 Å². The minimum Gasteiger partial charge on any atom is -0.468 e. The van der Waals surface area contributed by atoms with Gasteiger partial charge in [-0.1, -0.05) is 6.92 Å². The highest BCUT2D eigenvalue weighted by molar-refractivity contribution is 5.83. The van der Waals surface area contributed by atoms with E-state index in [-0.39, 0.29) is 11.5 Å². The van der Waals surface area contributed by atoms with Crippen LogP contribution in [0.5, 0.6) is 0 Å². The highest BCUT2D eigenvalue weighted by atomic mass is 16.5. The van der Waals surface area contributed by atoms with Crippen LogP contribution in [0.2, 0.25) is 0 Å². The highest BCUT2D eigenvalue weighted by Crippen LogP contribution is 2.56. The summed E-state index contributed by atoms with van der Waals surface area (Å²) in [7, 11) is 1.46. The number of esters is 1. The number of methoxy groups -OCH3 is 1. The molecule has 68 valence electrons. The Bertz CT molecular complexity index is 219. The van der Waals surface area contributed by atoms with Gasteiger partial charge in [-0.2, -0.15) is 0 Å². The monoisotopic (exact) mass is 169 g/mol. The van der Waals surface area contributed by atoms with Gasteiger partial charge in [0.05, 0.1) is 7.11 Å². The van der Waals surface area contributed by atoms with Crippen molar-refractivity contribution < 1.29 is 9.53 Å². The van der Waals surface area contributed by atoms with Crippen LogP contribution in [-0.2, 0) is 9.53 Å². The van der Waals surface area contributed by atoms with Crippen molar-refractivity contribution in [3.63, 3.8) is 0 Å². The smallest absolute Gasteiger partial charge is 0.326 e. The lowest BCUT2D eigenvalue weighted by atomic mass is 9.61. The van der Waals surface area contributed by atoms with Crippen molar-refractivity contribution in [2.75, 3.05) is 13.7 Å². The Morgan fingerprint density at radius 3 is 2.67 bits per heavy atom. The molecule has 0 aromatic carbocycles. The maximum atomic E-state index is 11.3. The zero-order valence-electron chi connectivity index (χ0n) is 7.64. The normalized spacial score (nSPS) is 43.8. The van der Waals surface area contributed by atoms with Crippen LogP contribution in [0.1, 0.15) is 26.2 Å². The van der Waals surface area contributed by atoms with E-state index in [1.54, 1.807) is 0 Å². The fourth-order valence-corrected chi connectivity index (χ4v) is 2.62. The topological polar surface area (TPSA) is 38.3 Å². The van der Waals surface area contributed by atoms with Gasteiger partial charge in [-0.3, -0.25) is 4.79 Å². The average molecular weight is 169 g/mol. The van der Waals surface area contributed by atoms with Crippen LogP contribution in [0.15, 0.2) is 0 Å². The summed E-state index contributed by atoms with van der Waals surface area (Å²) in [6.07, 6.45) is 3.12. The first-order chi connectivity index (χ1) is 5.66. The Hall–Kier alpha value is -0.570. The molecule has 3 nitrogen and oxygen atoms in total. The number of carbonyl (C=O) groups excluding carboxylic acids is 1. The average Bonchev–Trinajstić information content (AvgIpc) is 2.57. The molecule has 0 amide bonds. The molecule has 0 radical (unpaired) electrons. The third-order valence-corrected chi connectivity index (χ3v) is 3.48. The van der Waals surface area contributed by atoms with E-state index in [4.69, 9.17) is 4.74 Å². The molecule has 3 fully saturated rings. The molecule has 2 saturated heterocycles. The number of nitrogens with one attached hydrogen (secondary N) is 1. The fraction of sp³-hybridized carbons (Fsp3) is 0.889. The third-order valence-electron chi connectivity index (χ3n) is 3.48. The second-order valence-electron chi connectivity index (χ2n) is 4.13. The van der Waals surface area contributed by atoms with Gasteiger partial charge in [0, 0.05) is 6.54 Å². The van der Waals surface area contributed by atoms with E-state index in [9.17, 15) is 4.79 Å². The van der Waals surface area contributed by atoms with Crippen molar-refractivity contribution in [3.05, 3.63) is 0 Å². The van der Waals surface area contributed by atoms with E-state index in [1.807, 2.05) is 0 Å². The molecule has 2 heterocycles. The number of rotatable bonds is 2. The molecule has 1 N–H and O–H groups in total. The molecule has 0 unspecified atom stereocenters. The lowest BCUT2D eigenvalue weighted by molar-refractivity contribution is -0.153. The number of ether oxygens (including phenoxy) is 1. The van der Waals surface area contributed by atoms with Crippen molar-refractivity contribution >= 4 is 5.97 Å². The van der Waals surface area contributed by atoms with Crippen molar-refractivity contribution in [2.45, 2.75) is 31.7 Å². The zero-order chi connectivity index (χ0) is 8.82. The number of hydrogen-bond acceptors (Lipinski definition) is 3. The molecular formula is C9H15NO2. The van der Waals surface area contributed by atoms with E-state index in [0.717, 1.165) is 19.4 Å². The Kier molecular flexibility index (Phi) is 1.49. The molecule has 0 aromatic rings. The van der Waals surface area contributed by atoms with E-state index < -0.39 is 0 Å². The minimum atomic E-state index is -0.301. The predicted molar refractivity (Wildman–Crippen MR) is 44.7 cm³/mol. The Morgan fingerprint density at radius 1 is 1.58 bits per heavy atom. The quantitative estimate of drug-likeness (QED) is 0.618. The van der Waals surface area contributed by atoms with Gasteiger partial charge < -0.3 is 10.1 Å². The molecule has 3 rings (SSSR count). The van der Waals surface area contributed by atoms with Gasteiger partial charge in [0.1, 0.15) is 5.54 Å².